The summed E-state index contributed by atoms with van der Waals surface area (Å²) in [5.41, 5.74) is 6.70. The Labute approximate surface area is 218 Å². The van der Waals surface area contributed by atoms with Gasteiger partial charge in [-0.1, -0.05) is 63.3 Å². The van der Waals surface area contributed by atoms with E-state index in [0.29, 0.717) is 24.5 Å². The maximum absolute atomic E-state index is 12.8. The number of aliphatic hydroxyl groups is 1. The Bertz CT molecular complexity index is 1420. The van der Waals surface area contributed by atoms with Gasteiger partial charge >= 0.3 is 0 Å². The van der Waals surface area contributed by atoms with Crippen LogP contribution >= 0.6 is 0 Å². The van der Waals surface area contributed by atoms with Crippen molar-refractivity contribution < 1.29 is 9.90 Å². The molecule has 0 atom stereocenters. The third-order valence-corrected chi connectivity index (χ3v) is 7.33. The van der Waals surface area contributed by atoms with Crippen LogP contribution in [0.3, 0.4) is 0 Å². The summed E-state index contributed by atoms with van der Waals surface area (Å²) in [7, 11) is 0. The zero-order chi connectivity index (χ0) is 25.9. The number of hydrogen-bond acceptors (Lipinski definition) is 4. The lowest BCUT2D eigenvalue weighted by Crippen LogP contribution is -2.35. The van der Waals surface area contributed by atoms with E-state index in [-0.39, 0.29) is 11.7 Å². The van der Waals surface area contributed by atoms with Gasteiger partial charge in [0.2, 0.25) is 0 Å². The van der Waals surface area contributed by atoms with Crippen molar-refractivity contribution in [3.8, 4) is 11.4 Å². The van der Waals surface area contributed by atoms with Gasteiger partial charge in [0.15, 0.2) is 0 Å². The quantitative estimate of drug-likeness (QED) is 0.291. The summed E-state index contributed by atoms with van der Waals surface area (Å²) in [6, 6.07) is 13.6. The largest absolute Gasteiger partial charge is 0.508 e. The fourth-order valence-corrected chi connectivity index (χ4v) is 4.96. The average Bonchev–Trinajstić information content (AvgIpc) is 3.26. The van der Waals surface area contributed by atoms with Gasteiger partial charge in [0.25, 0.3) is 12.8 Å². The van der Waals surface area contributed by atoms with Crippen LogP contribution in [0.4, 0.5) is 0 Å². The fraction of sp³-hybridized carbons (Fsp3) is 0.267. The summed E-state index contributed by atoms with van der Waals surface area (Å²) in [4.78, 5) is 20.9. The molecular formula is C30H33BN4O2. The number of rotatable bonds is 6. The molecule has 1 fully saturated rings. The van der Waals surface area contributed by atoms with Crippen LogP contribution in [0.15, 0.2) is 84.3 Å². The second-order valence-corrected chi connectivity index (χ2v) is 10.2. The Balaban J connectivity index is 1.26. The number of nitrogens with one attached hydrogen (secondary N) is 3. The second-order valence-electron chi connectivity index (χ2n) is 10.2. The number of carbonyl (C=O) groups is 1. The van der Waals surface area contributed by atoms with E-state index in [9.17, 15) is 9.90 Å². The molecule has 1 amide bonds. The van der Waals surface area contributed by atoms with E-state index < -0.39 is 0 Å². The number of fused-ring (bicyclic) bond motifs is 1. The topological polar surface area (TPSA) is 90.0 Å². The highest BCUT2D eigenvalue weighted by molar-refractivity contribution is 6.57. The Morgan fingerprint density at radius 3 is 2.59 bits per heavy atom. The molecule has 2 heterocycles. The molecule has 37 heavy (non-hydrogen) atoms. The van der Waals surface area contributed by atoms with Gasteiger partial charge in [0.05, 0.1) is 11.0 Å². The van der Waals surface area contributed by atoms with Crippen LogP contribution in [0.25, 0.3) is 28.1 Å². The van der Waals surface area contributed by atoms with Crippen molar-refractivity contribution in [3.05, 3.63) is 95.4 Å². The lowest BCUT2D eigenvalue weighted by atomic mass is 9.50. The molecule has 7 heteroatoms. The summed E-state index contributed by atoms with van der Waals surface area (Å²) in [5, 5.41) is 16.4. The molecule has 5 rings (SSSR count). The third-order valence-electron chi connectivity index (χ3n) is 7.33. The maximum atomic E-state index is 12.8. The molecule has 1 aromatic heterocycles. The van der Waals surface area contributed by atoms with E-state index in [2.05, 4.69) is 41.2 Å². The summed E-state index contributed by atoms with van der Waals surface area (Å²) < 4.78 is 0. The molecule has 0 spiro atoms. The van der Waals surface area contributed by atoms with E-state index in [0.717, 1.165) is 45.2 Å². The average molecular weight is 492 g/mol. The monoisotopic (exact) mass is 492 g/mol. The van der Waals surface area contributed by atoms with Crippen molar-refractivity contribution in [1.82, 2.24) is 20.5 Å². The molecule has 4 N–H and O–H groups in total. The molecule has 188 valence electrons. The van der Waals surface area contributed by atoms with Crippen LogP contribution in [-0.2, 0) is 0 Å². The third kappa shape index (κ3) is 5.72. The molecule has 0 unspecified atom stereocenters. The first kappa shape index (κ1) is 24.7. The van der Waals surface area contributed by atoms with E-state index in [1.54, 1.807) is 24.3 Å². The lowest BCUT2D eigenvalue weighted by molar-refractivity contribution is 0.0967. The summed E-state index contributed by atoms with van der Waals surface area (Å²) in [6.07, 6.45) is 10.9. The molecule has 6 nitrogen and oxygen atoms in total. The maximum Gasteiger partial charge on any atom is 0.255 e. The zero-order valence-corrected chi connectivity index (χ0v) is 21.5. The van der Waals surface area contributed by atoms with E-state index in [1.807, 2.05) is 31.2 Å². The summed E-state index contributed by atoms with van der Waals surface area (Å²) in [6.45, 7) is 8.92. The molecule has 2 aliphatic rings. The minimum absolute atomic E-state index is 0.198. The van der Waals surface area contributed by atoms with Crippen molar-refractivity contribution in [1.29, 1.82) is 0 Å². The molecule has 1 aliphatic heterocycles. The minimum Gasteiger partial charge on any atom is -0.508 e. The number of aromatic amines is 1. The van der Waals surface area contributed by atoms with Crippen molar-refractivity contribution in [2.45, 2.75) is 45.8 Å². The van der Waals surface area contributed by atoms with Crippen LogP contribution in [0.5, 0.6) is 0 Å². The molecule has 0 bridgehead atoms. The number of nitrogens with zero attached hydrogens (tertiary/aromatic N) is 1. The Morgan fingerprint density at radius 2 is 1.84 bits per heavy atom. The van der Waals surface area contributed by atoms with Crippen molar-refractivity contribution >= 4 is 29.5 Å². The van der Waals surface area contributed by atoms with Gasteiger partial charge in [0.1, 0.15) is 11.6 Å². The fourth-order valence-electron chi connectivity index (χ4n) is 4.96. The number of benzene rings is 2. The van der Waals surface area contributed by atoms with Crippen molar-refractivity contribution in [3.63, 3.8) is 0 Å². The zero-order valence-electron chi connectivity index (χ0n) is 21.5. The highest BCUT2D eigenvalue weighted by Gasteiger charge is 2.22. The van der Waals surface area contributed by atoms with Gasteiger partial charge in [-0.2, -0.15) is 0 Å². The van der Waals surface area contributed by atoms with Gasteiger partial charge in [0, 0.05) is 22.5 Å². The molecular weight excluding hydrogens is 459 g/mol. The first-order valence-corrected chi connectivity index (χ1v) is 13.0. The number of carbonyl (C=O) groups excluding carboxylic acids is 1. The van der Waals surface area contributed by atoms with Crippen LogP contribution < -0.4 is 10.5 Å². The first-order valence-electron chi connectivity index (χ1n) is 13.0. The molecule has 1 aliphatic carbocycles. The summed E-state index contributed by atoms with van der Waals surface area (Å²) in [5.74, 6) is 1.62. The Kier molecular flexibility index (Phi) is 7.04. The molecule has 2 aromatic carbocycles. The van der Waals surface area contributed by atoms with Gasteiger partial charge in [-0.05, 0) is 66.8 Å². The highest BCUT2D eigenvalue weighted by Crippen LogP contribution is 2.27. The van der Waals surface area contributed by atoms with E-state index in [1.165, 1.54) is 25.5 Å². The van der Waals surface area contributed by atoms with Gasteiger partial charge in [-0.25, -0.2) is 4.98 Å². The predicted molar refractivity (Wildman–Crippen MR) is 152 cm³/mol. The van der Waals surface area contributed by atoms with Gasteiger partial charge in [-0.3, -0.25) is 4.79 Å². The van der Waals surface area contributed by atoms with Gasteiger partial charge in [-0.15, -0.1) is 0 Å². The predicted octanol–water partition coefficient (Wildman–Crippen LogP) is 6.62. The van der Waals surface area contributed by atoms with Crippen molar-refractivity contribution in [2.75, 3.05) is 0 Å². The van der Waals surface area contributed by atoms with Crippen LogP contribution in [0.2, 0.25) is 12.6 Å². The molecule has 0 radical (unpaired) electrons. The Hall–Kier alpha value is -4.00. The molecule has 3 aromatic rings. The normalized spacial score (nSPS) is 16.5. The van der Waals surface area contributed by atoms with Crippen LogP contribution in [0.1, 0.15) is 49.0 Å². The number of aromatic nitrogens is 2. The smallest absolute Gasteiger partial charge is 0.255 e. The van der Waals surface area contributed by atoms with Crippen LogP contribution in [0, 0.1) is 5.92 Å². The number of allylic oxidation sites excluding steroid dienone is 4. The number of H-pyrrole nitrogens is 1. The number of amides is 1. The number of imidazole rings is 1. The Morgan fingerprint density at radius 1 is 1.11 bits per heavy atom. The van der Waals surface area contributed by atoms with E-state index >= 15 is 0 Å². The van der Waals surface area contributed by atoms with Gasteiger partial charge < -0.3 is 20.6 Å². The van der Waals surface area contributed by atoms with Crippen LogP contribution in [-0.4, -0.2) is 27.8 Å². The standard InChI is InChI=1S/C30H33BN4O2/c1-19-13-15-31(16-14-19)35-21(3)24-11-12-26-27(18-24)34-29(33-26)22-7-9-23(10-8-22)30(37)32-25-5-4-6-28(36)20(2)17-25/h5-12,17-19,35-36H,3-4,13-16H2,1-2H3,(H,32,37)(H,33,34). The SMILES string of the molecule is C=C(NB1CCC(C)CC1)c1ccc2nc(-c3ccc(C(=O)NC4=CCC=C(O)C(C)=C4)cc3)[nH]c2c1. The van der Waals surface area contributed by atoms with Crippen molar-refractivity contribution in [2.24, 2.45) is 5.92 Å². The van der Waals surface area contributed by atoms with E-state index in [4.69, 9.17) is 4.98 Å². The number of aliphatic hydroxyl groups excluding tert-OH is 1. The number of hydrogen-bond donors (Lipinski definition) is 4. The molecule has 0 saturated carbocycles. The second kappa shape index (κ2) is 10.5. The molecule has 1 saturated heterocycles. The summed E-state index contributed by atoms with van der Waals surface area (Å²) >= 11 is 0. The lowest BCUT2D eigenvalue weighted by Gasteiger charge is -2.25. The minimum atomic E-state index is -0.198. The highest BCUT2D eigenvalue weighted by atomic mass is 16.3. The first-order chi connectivity index (χ1) is 17.9.